The average molecular weight is 237 g/mol. The molecule has 1 amide bonds. The van der Waals surface area contributed by atoms with Crippen molar-refractivity contribution in [1.82, 2.24) is 4.31 Å². The number of methoxy groups -OCH3 is 1. The number of hydrogen-bond acceptors (Lipinski definition) is 5. The molecule has 1 atom stereocenters. The molecule has 1 saturated carbocycles. The monoisotopic (exact) mass is 237 g/mol. The minimum absolute atomic E-state index is 0.164. The summed E-state index contributed by atoms with van der Waals surface area (Å²) in [6.07, 6.45) is -0.228. The van der Waals surface area contributed by atoms with Crippen LogP contribution >= 0.6 is 0 Å². The lowest BCUT2D eigenvalue weighted by Gasteiger charge is -2.24. The lowest BCUT2D eigenvalue weighted by Crippen LogP contribution is -2.47. The lowest BCUT2D eigenvalue weighted by atomic mass is 10.1. The van der Waals surface area contributed by atoms with Crippen molar-refractivity contribution < 1.29 is 27.2 Å². The van der Waals surface area contributed by atoms with Gasteiger partial charge in [-0.15, -0.1) is 0 Å². The van der Waals surface area contributed by atoms with Crippen LogP contribution in [0.4, 0.5) is 4.79 Å². The molecule has 0 aromatic heterocycles. The second-order valence-electron chi connectivity index (χ2n) is 3.61. The van der Waals surface area contributed by atoms with E-state index >= 15 is 0 Å². The second-order valence-corrected chi connectivity index (χ2v) is 5.09. The fourth-order valence-electron chi connectivity index (χ4n) is 1.82. The van der Waals surface area contributed by atoms with Gasteiger partial charge in [-0.25, -0.2) is 4.79 Å². The highest BCUT2D eigenvalue weighted by atomic mass is 32.2. The van der Waals surface area contributed by atoms with Crippen molar-refractivity contribution in [2.45, 2.75) is 24.5 Å². The zero-order chi connectivity index (χ0) is 11.3. The van der Waals surface area contributed by atoms with E-state index in [2.05, 4.69) is 4.18 Å². The summed E-state index contributed by atoms with van der Waals surface area (Å²) in [4.78, 5) is 10.8. The van der Waals surface area contributed by atoms with Crippen molar-refractivity contribution >= 4 is 16.4 Å². The van der Waals surface area contributed by atoms with E-state index in [1.807, 2.05) is 0 Å². The van der Waals surface area contributed by atoms with Crippen molar-refractivity contribution in [3.63, 3.8) is 0 Å². The Labute approximate surface area is 86.8 Å². The first-order valence-corrected chi connectivity index (χ1v) is 5.76. The number of ether oxygens (including phenoxy) is 1. The van der Waals surface area contributed by atoms with Crippen LogP contribution in [0.3, 0.4) is 0 Å². The summed E-state index contributed by atoms with van der Waals surface area (Å²) in [6, 6.07) is -0.759. The highest BCUT2D eigenvalue weighted by Gasteiger charge is 2.60. The summed E-state index contributed by atoms with van der Waals surface area (Å²) in [6.45, 7) is -0.164. The van der Waals surface area contributed by atoms with Gasteiger partial charge < -0.3 is 9.84 Å². The third-order valence-electron chi connectivity index (χ3n) is 2.84. The van der Waals surface area contributed by atoms with E-state index in [-0.39, 0.29) is 6.61 Å². The van der Waals surface area contributed by atoms with E-state index in [1.165, 1.54) is 7.11 Å². The molecule has 0 bridgehead atoms. The summed E-state index contributed by atoms with van der Waals surface area (Å²) in [5.41, 5.74) is -0.679. The van der Waals surface area contributed by atoms with Crippen LogP contribution in [0, 0.1) is 0 Å². The van der Waals surface area contributed by atoms with Crippen molar-refractivity contribution in [3.05, 3.63) is 0 Å². The minimum atomic E-state index is -4.13. The van der Waals surface area contributed by atoms with E-state index in [0.29, 0.717) is 17.1 Å². The molecule has 1 heterocycles. The smallest absolute Gasteiger partial charge is 0.423 e. The van der Waals surface area contributed by atoms with Crippen LogP contribution in [0.1, 0.15) is 12.8 Å². The zero-order valence-electron chi connectivity index (χ0n) is 8.04. The van der Waals surface area contributed by atoms with Gasteiger partial charge in [-0.1, -0.05) is 0 Å². The summed E-state index contributed by atoms with van der Waals surface area (Å²) in [5.74, 6) is 0. The Balaban J connectivity index is 2.31. The van der Waals surface area contributed by atoms with Gasteiger partial charge in [0.25, 0.3) is 0 Å². The van der Waals surface area contributed by atoms with Gasteiger partial charge in [0, 0.05) is 7.11 Å². The third-order valence-corrected chi connectivity index (χ3v) is 4.17. The zero-order valence-corrected chi connectivity index (χ0v) is 8.86. The first kappa shape index (κ1) is 10.7. The molecule has 86 valence electrons. The minimum Gasteiger partial charge on any atom is -0.464 e. The van der Waals surface area contributed by atoms with Gasteiger partial charge >= 0.3 is 16.4 Å². The molecule has 0 aromatic carbocycles. The van der Waals surface area contributed by atoms with E-state index in [1.54, 1.807) is 0 Å². The van der Waals surface area contributed by atoms with E-state index in [0.717, 1.165) is 0 Å². The molecule has 1 N–H and O–H groups in total. The molecule has 2 rings (SSSR count). The average Bonchev–Trinajstić information content (AvgIpc) is 2.85. The van der Waals surface area contributed by atoms with Crippen LogP contribution in [-0.4, -0.2) is 49.3 Å². The van der Waals surface area contributed by atoms with Gasteiger partial charge in [0.1, 0.15) is 6.04 Å². The van der Waals surface area contributed by atoms with Crippen LogP contribution in [-0.2, 0) is 19.2 Å². The molecule has 1 saturated heterocycles. The number of carboxylic acid groups (broad SMARTS) is 1. The van der Waals surface area contributed by atoms with Crippen LogP contribution in [0.15, 0.2) is 0 Å². The lowest BCUT2D eigenvalue weighted by molar-refractivity contribution is 0.0223. The molecule has 2 aliphatic rings. The number of amides is 1. The Hall–Kier alpha value is -0.860. The number of nitrogens with zero attached hydrogens (tertiary/aromatic N) is 1. The Kier molecular flexibility index (Phi) is 2.18. The van der Waals surface area contributed by atoms with Gasteiger partial charge in [0.05, 0.1) is 12.2 Å². The number of carbonyl (C=O) groups is 1. The molecule has 0 radical (unpaired) electrons. The van der Waals surface area contributed by atoms with Crippen molar-refractivity contribution in [2.24, 2.45) is 0 Å². The van der Waals surface area contributed by atoms with Crippen LogP contribution < -0.4 is 0 Å². The van der Waals surface area contributed by atoms with E-state index < -0.39 is 28.0 Å². The van der Waals surface area contributed by atoms with Gasteiger partial charge in [0.15, 0.2) is 0 Å². The maximum atomic E-state index is 11.3. The standard InChI is InChI=1S/C7H11NO6S/c1-13-7(2-3-7)5-4-14-15(11,12)8(5)6(9)10/h5H,2-4H2,1H3,(H,9,10)/t5-/m1/s1. The van der Waals surface area contributed by atoms with Crippen molar-refractivity contribution in [1.29, 1.82) is 0 Å². The van der Waals surface area contributed by atoms with Gasteiger partial charge in [-0.3, -0.25) is 4.18 Å². The van der Waals surface area contributed by atoms with Crippen LogP contribution in [0.5, 0.6) is 0 Å². The largest absolute Gasteiger partial charge is 0.464 e. The summed E-state index contributed by atoms with van der Waals surface area (Å²) < 4.78 is 32.5. The Bertz CT molecular complexity index is 386. The maximum Gasteiger partial charge on any atom is 0.423 e. The maximum absolute atomic E-state index is 11.3. The first-order valence-electron chi connectivity index (χ1n) is 4.40. The van der Waals surface area contributed by atoms with Crippen molar-refractivity contribution in [2.75, 3.05) is 13.7 Å². The highest BCUT2D eigenvalue weighted by Crippen LogP contribution is 2.46. The normalized spacial score (nSPS) is 31.5. The summed E-state index contributed by atoms with van der Waals surface area (Å²) in [5, 5.41) is 8.82. The predicted octanol–water partition coefficient (Wildman–Crippen LogP) is -0.211. The quantitative estimate of drug-likeness (QED) is 0.714. The third kappa shape index (κ3) is 1.48. The topological polar surface area (TPSA) is 93.1 Å². The SMILES string of the molecule is COC1([C@H]2COS(=O)(=O)N2C(=O)O)CC1. The summed E-state index contributed by atoms with van der Waals surface area (Å²) in [7, 11) is -2.69. The van der Waals surface area contributed by atoms with E-state index in [9.17, 15) is 13.2 Å². The van der Waals surface area contributed by atoms with E-state index in [4.69, 9.17) is 9.84 Å². The molecule has 0 aromatic rings. The molecular formula is C7H11NO6S. The fraction of sp³-hybridized carbons (Fsp3) is 0.857. The fourth-order valence-corrected chi connectivity index (χ4v) is 2.99. The highest BCUT2D eigenvalue weighted by molar-refractivity contribution is 7.85. The number of rotatable bonds is 2. The van der Waals surface area contributed by atoms with Gasteiger partial charge in [-0.05, 0) is 12.8 Å². The molecule has 2 fully saturated rings. The molecule has 0 spiro atoms. The summed E-state index contributed by atoms with van der Waals surface area (Å²) >= 11 is 0. The first-order chi connectivity index (χ1) is 6.93. The van der Waals surface area contributed by atoms with Gasteiger partial charge in [-0.2, -0.15) is 12.7 Å². The Morgan fingerprint density at radius 3 is 2.60 bits per heavy atom. The predicted molar refractivity (Wildman–Crippen MR) is 47.5 cm³/mol. The van der Waals surface area contributed by atoms with Crippen molar-refractivity contribution in [3.8, 4) is 0 Å². The Morgan fingerprint density at radius 1 is 1.60 bits per heavy atom. The molecule has 8 heteroatoms. The molecule has 0 unspecified atom stereocenters. The second kappa shape index (κ2) is 3.06. The molecule has 1 aliphatic heterocycles. The van der Waals surface area contributed by atoms with Gasteiger partial charge in [0.2, 0.25) is 0 Å². The van der Waals surface area contributed by atoms with Crippen LogP contribution in [0.25, 0.3) is 0 Å². The molecule has 7 nitrogen and oxygen atoms in total. The molecule has 15 heavy (non-hydrogen) atoms. The van der Waals surface area contributed by atoms with Crippen LogP contribution in [0.2, 0.25) is 0 Å². The molecule has 1 aliphatic carbocycles. The number of hydrogen-bond donors (Lipinski definition) is 1. The molecular weight excluding hydrogens is 226 g/mol. The Morgan fingerprint density at radius 2 is 2.20 bits per heavy atom.